The first kappa shape index (κ1) is 9.53. The summed E-state index contributed by atoms with van der Waals surface area (Å²) in [6.07, 6.45) is 1.90. The van der Waals surface area contributed by atoms with E-state index in [0.29, 0.717) is 11.4 Å². The fraction of sp³-hybridized carbons (Fsp3) is 0.400. The van der Waals surface area contributed by atoms with Crippen molar-refractivity contribution in [2.45, 2.75) is 26.7 Å². The third-order valence-corrected chi connectivity index (χ3v) is 1.89. The second-order valence-corrected chi connectivity index (χ2v) is 3.04. The number of aryl methyl sites for hydroxylation is 2. The Morgan fingerprint density at radius 1 is 1.62 bits per heavy atom. The van der Waals surface area contributed by atoms with Crippen molar-refractivity contribution in [2.24, 2.45) is 0 Å². The largest absolute Gasteiger partial charge is 0.383 e. The number of nitrogens with zero attached hydrogens (tertiary/aromatic N) is 2. The standard InChI is InChI=1S/C10H13N3/c1-3-4-8-5-7(2)13-10(12)9(8)6-11/h5H,3-4H2,1-2H3,(H2,12,13). The number of aromatic nitrogens is 1. The van der Waals surface area contributed by atoms with Crippen molar-refractivity contribution in [3.63, 3.8) is 0 Å². The SMILES string of the molecule is CCCc1cc(C)nc(N)c1C#N. The fourth-order valence-electron chi connectivity index (χ4n) is 1.36. The van der Waals surface area contributed by atoms with E-state index in [-0.39, 0.29) is 0 Å². The molecule has 0 spiro atoms. The van der Waals surface area contributed by atoms with Gasteiger partial charge in [0, 0.05) is 5.69 Å². The first-order valence-electron chi connectivity index (χ1n) is 4.35. The van der Waals surface area contributed by atoms with Crippen molar-refractivity contribution in [1.82, 2.24) is 4.98 Å². The number of rotatable bonds is 2. The molecule has 0 atom stereocenters. The van der Waals surface area contributed by atoms with Gasteiger partial charge in [0.2, 0.25) is 0 Å². The second kappa shape index (κ2) is 3.90. The molecule has 0 fully saturated rings. The molecule has 0 bridgehead atoms. The molecule has 0 saturated heterocycles. The van der Waals surface area contributed by atoms with Crippen LogP contribution in [-0.4, -0.2) is 4.98 Å². The number of hydrogen-bond acceptors (Lipinski definition) is 3. The van der Waals surface area contributed by atoms with Gasteiger partial charge in [0.1, 0.15) is 11.9 Å². The maximum absolute atomic E-state index is 8.85. The Kier molecular flexibility index (Phi) is 2.86. The van der Waals surface area contributed by atoms with Gasteiger partial charge in [0.25, 0.3) is 0 Å². The first-order valence-corrected chi connectivity index (χ1v) is 4.35. The fourth-order valence-corrected chi connectivity index (χ4v) is 1.36. The smallest absolute Gasteiger partial charge is 0.141 e. The number of nitrogen functional groups attached to an aromatic ring is 1. The molecule has 3 nitrogen and oxygen atoms in total. The number of anilines is 1. The van der Waals surface area contributed by atoms with Gasteiger partial charge in [-0.1, -0.05) is 13.3 Å². The molecular formula is C10H13N3. The van der Waals surface area contributed by atoms with Crippen LogP contribution >= 0.6 is 0 Å². The van der Waals surface area contributed by atoms with Crippen molar-refractivity contribution in [3.8, 4) is 6.07 Å². The predicted molar refractivity (Wildman–Crippen MR) is 52.1 cm³/mol. The van der Waals surface area contributed by atoms with Gasteiger partial charge < -0.3 is 5.73 Å². The van der Waals surface area contributed by atoms with Gasteiger partial charge in [-0.2, -0.15) is 5.26 Å². The lowest BCUT2D eigenvalue weighted by Crippen LogP contribution is -2.01. The normalized spacial score (nSPS) is 9.62. The highest BCUT2D eigenvalue weighted by Gasteiger charge is 2.07. The van der Waals surface area contributed by atoms with E-state index in [0.717, 1.165) is 24.1 Å². The number of nitriles is 1. The molecule has 0 aromatic carbocycles. The summed E-state index contributed by atoms with van der Waals surface area (Å²) in [5.74, 6) is 0.353. The number of pyridine rings is 1. The minimum absolute atomic E-state index is 0.353. The van der Waals surface area contributed by atoms with Gasteiger partial charge >= 0.3 is 0 Å². The zero-order valence-corrected chi connectivity index (χ0v) is 7.96. The summed E-state index contributed by atoms with van der Waals surface area (Å²) in [5, 5.41) is 8.85. The number of hydrogen-bond donors (Lipinski definition) is 1. The van der Waals surface area contributed by atoms with Crippen LogP contribution in [0.3, 0.4) is 0 Å². The summed E-state index contributed by atoms with van der Waals surface area (Å²) in [5.41, 5.74) is 8.05. The van der Waals surface area contributed by atoms with Gasteiger partial charge in [0.15, 0.2) is 0 Å². The molecule has 0 amide bonds. The zero-order chi connectivity index (χ0) is 9.84. The molecule has 0 aliphatic carbocycles. The van der Waals surface area contributed by atoms with Crippen LogP contribution in [0.15, 0.2) is 6.07 Å². The molecular weight excluding hydrogens is 162 g/mol. The molecule has 2 N–H and O–H groups in total. The van der Waals surface area contributed by atoms with E-state index in [9.17, 15) is 0 Å². The lowest BCUT2D eigenvalue weighted by Gasteiger charge is -2.05. The van der Waals surface area contributed by atoms with E-state index in [1.807, 2.05) is 13.0 Å². The number of nitrogens with two attached hydrogens (primary N) is 1. The second-order valence-electron chi connectivity index (χ2n) is 3.04. The van der Waals surface area contributed by atoms with Gasteiger partial charge in [-0.25, -0.2) is 4.98 Å². The van der Waals surface area contributed by atoms with Crippen LogP contribution in [0.1, 0.15) is 30.2 Å². The minimum atomic E-state index is 0.353. The third kappa shape index (κ3) is 1.97. The van der Waals surface area contributed by atoms with Gasteiger partial charge in [-0.15, -0.1) is 0 Å². The molecule has 0 aliphatic heterocycles. The van der Waals surface area contributed by atoms with E-state index in [2.05, 4.69) is 18.0 Å². The molecule has 68 valence electrons. The summed E-state index contributed by atoms with van der Waals surface area (Å²) in [6.45, 7) is 3.96. The highest BCUT2D eigenvalue weighted by Crippen LogP contribution is 2.16. The molecule has 0 radical (unpaired) electrons. The maximum Gasteiger partial charge on any atom is 0.141 e. The van der Waals surface area contributed by atoms with E-state index in [1.54, 1.807) is 0 Å². The van der Waals surface area contributed by atoms with Crippen LogP contribution in [0, 0.1) is 18.3 Å². The summed E-state index contributed by atoms with van der Waals surface area (Å²) in [6, 6.07) is 4.02. The van der Waals surface area contributed by atoms with Crippen LogP contribution in [0.5, 0.6) is 0 Å². The molecule has 1 aromatic rings. The third-order valence-electron chi connectivity index (χ3n) is 1.89. The summed E-state index contributed by atoms with van der Waals surface area (Å²) in [7, 11) is 0. The topological polar surface area (TPSA) is 62.7 Å². The average Bonchev–Trinajstić information content (AvgIpc) is 2.04. The van der Waals surface area contributed by atoms with E-state index in [4.69, 9.17) is 11.0 Å². The lowest BCUT2D eigenvalue weighted by atomic mass is 10.0. The Morgan fingerprint density at radius 2 is 2.31 bits per heavy atom. The molecule has 13 heavy (non-hydrogen) atoms. The molecule has 1 heterocycles. The van der Waals surface area contributed by atoms with Gasteiger partial charge in [-0.05, 0) is 25.0 Å². The van der Waals surface area contributed by atoms with Crippen molar-refractivity contribution >= 4 is 5.82 Å². The summed E-state index contributed by atoms with van der Waals surface area (Å²) in [4.78, 5) is 4.04. The molecule has 3 heteroatoms. The first-order chi connectivity index (χ1) is 6.19. The van der Waals surface area contributed by atoms with E-state index < -0.39 is 0 Å². The van der Waals surface area contributed by atoms with Crippen LogP contribution in [0.4, 0.5) is 5.82 Å². The molecule has 1 rings (SSSR count). The van der Waals surface area contributed by atoms with Crippen LogP contribution in [-0.2, 0) is 6.42 Å². The van der Waals surface area contributed by atoms with Crippen LogP contribution < -0.4 is 5.73 Å². The Balaban J connectivity index is 3.23. The Morgan fingerprint density at radius 3 is 2.85 bits per heavy atom. The predicted octanol–water partition coefficient (Wildman–Crippen LogP) is 1.80. The van der Waals surface area contributed by atoms with Crippen LogP contribution in [0.25, 0.3) is 0 Å². The van der Waals surface area contributed by atoms with Gasteiger partial charge in [0.05, 0.1) is 5.56 Å². The zero-order valence-electron chi connectivity index (χ0n) is 7.96. The molecule has 1 aromatic heterocycles. The van der Waals surface area contributed by atoms with Crippen molar-refractivity contribution in [1.29, 1.82) is 5.26 Å². The van der Waals surface area contributed by atoms with Crippen molar-refractivity contribution < 1.29 is 0 Å². The van der Waals surface area contributed by atoms with Crippen molar-refractivity contribution in [2.75, 3.05) is 5.73 Å². The average molecular weight is 175 g/mol. The van der Waals surface area contributed by atoms with Crippen LogP contribution in [0.2, 0.25) is 0 Å². The minimum Gasteiger partial charge on any atom is -0.383 e. The maximum atomic E-state index is 8.85. The molecule has 0 aliphatic rings. The molecule has 0 unspecified atom stereocenters. The molecule has 0 saturated carbocycles. The monoisotopic (exact) mass is 175 g/mol. The van der Waals surface area contributed by atoms with Gasteiger partial charge in [-0.3, -0.25) is 0 Å². The van der Waals surface area contributed by atoms with E-state index >= 15 is 0 Å². The van der Waals surface area contributed by atoms with E-state index in [1.165, 1.54) is 0 Å². The lowest BCUT2D eigenvalue weighted by molar-refractivity contribution is 0.911. The Labute approximate surface area is 78.2 Å². The Bertz CT molecular complexity index is 350. The highest BCUT2D eigenvalue weighted by atomic mass is 14.8. The summed E-state index contributed by atoms with van der Waals surface area (Å²) >= 11 is 0. The quantitative estimate of drug-likeness (QED) is 0.745. The Hall–Kier alpha value is -1.56. The highest BCUT2D eigenvalue weighted by molar-refractivity contribution is 5.53. The summed E-state index contributed by atoms with van der Waals surface area (Å²) < 4.78 is 0. The van der Waals surface area contributed by atoms with Crippen molar-refractivity contribution in [3.05, 3.63) is 22.9 Å².